The van der Waals surface area contributed by atoms with Gasteiger partial charge in [0.2, 0.25) is 0 Å². The van der Waals surface area contributed by atoms with Crippen LogP contribution in [0.15, 0.2) is 18.3 Å². The summed E-state index contributed by atoms with van der Waals surface area (Å²) in [6.07, 6.45) is 5.84. The molecule has 1 N–H and O–H groups in total. The van der Waals surface area contributed by atoms with Crippen molar-refractivity contribution in [2.24, 2.45) is 0 Å². The van der Waals surface area contributed by atoms with E-state index in [1.54, 1.807) is 0 Å². The molecule has 0 spiro atoms. The first-order chi connectivity index (χ1) is 8.66. The summed E-state index contributed by atoms with van der Waals surface area (Å²) in [6, 6.07) is 3.67. The molecule has 0 bridgehead atoms. The van der Waals surface area contributed by atoms with E-state index in [0.717, 1.165) is 43.5 Å². The summed E-state index contributed by atoms with van der Waals surface area (Å²) in [4.78, 5) is 17.6. The lowest BCUT2D eigenvalue weighted by molar-refractivity contribution is -0.143. The Balaban J connectivity index is 2.08. The highest BCUT2D eigenvalue weighted by Crippen LogP contribution is 2.19. The summed E-state index contributed by atoms with van der Waals surface area (Å²) in [6.45, 7) is 3.50. The van der Waals surface area contributed by atoms with E-state index in [0.29, 0.717) is 6.54 Å². The van der Waals surface area contributed by atoms with Crippen LogP contribution in [0.1, 0.15) is 36.9 Å². The fraction of sp³-hybridized carbons (Fsp3) is 0.571. The van der Waals surface area contributed by atoms with Gasteiger partial charge in [-0.25, -0.2) is 0 Å². The normalized spacial score (nSPS) is 21.5. The first-order valence-corrected chi connectivity index (χ1v) is 6.55. The molecule has 18 heavy (non-hydrogen) atoms. The van der Waals surface area contributed by atoms with E-state index in [9.17, 15) is 9.90 Å². The zero-order chi connectivity index (χ0) is 13.0. The van der Waals surface area contributed by atoms with E-state index in [4.69, 9.17) is 0 Å². The van der Waals surface area contributed by atoms with Crippen molar-refractivity contribution in [3.63, 3.8) is 0 Å². The molecule has 1 fully saturated rings. The van der Waals surface area contributed by atoms with Crippen molar-refractivity contribution in [3.8, 4) is 0 Å². The molecule has 1 aliphatic heterocycles. The number of likely N-dealkylation sites (tertiary alicyclic amines) is 1. The maximum atomic E-state index is 11.3. The number of rotatable bonds is 3. The maximum absolute atomic E-state index is 11.3. The first-order valence-electron chi connectivity index (χ1n) is 6.55. The molecule has 1 aromatic rings. The minimum Gasteiger partial charge on any atom is -0.480 e. The highest BCUT2D eigenvalue weighted by atomic mass is 16.4. The monoisotopic (exact) mass is 248 g/mol. The van der Waals surface area contributed by atoms with Gasteiger partial charge in [0.25, 0.3) is 0 Å². The van der Waals surface area contributed by atoms with Crippen molar-refractivity contribution in [2.45, 2.75) is 45.2 Å². The Morgan fingerprint density at radius 1 is 1.44 bits per heavy atom. The predicted octanol–water partition coefficient (Wildman–Crippen LogP) is 2.22. The van der Waals surface area contributed by atoms with Gasteiger partial charge in [0.05, 0.1) is 0 Å². The second-order valence-corrected chi connectivity index (χ2v) is 4.98. The summed E-state index contributed by atoms with van der Waals surface area (Å²) in [7, 11) is 0. The zero-order valence-corrected chi connectivity index (χ0v) is 10.8. The third-order valence-electron chi connectivity index (χ3n) is 3.51. The molecule has 0 aromatic carbocycles. The van der Waals surface area contributed by atoms with Gasteiger partial charge in [0.15, 0.2) is 0 Å². The van der Waals surface area contributed by atoms with Gasteiger partial charge in [-0.05, 0) is 37.9 Å². The van der Waals surface area contributed by atoms with E-state index in [-0.39, 0.29) is 6.04 Å². The third-order valence-corrected chi connectivity index (χ3v) is 3.51. The van der Waals surface area contributed by atoms with E-state index >= 15 is 0 Å². The lowest BCUT2D eigenvalue weighted by Crippen LogP contribution is -2.40. The largest absolute Gasteiger partial charge is 0.480 e. The molecule has 2 rings (SSSR count). The van der Waals surface area contributed by atoms with Crippen LogP contribution in [-0.4, -0.2) is 33.5 Å². The number of aromatic nitrogens is 1. The second kappa shape index (κ2) is 5.96. The number of carboxylic acid groups (broad SMARTS) is 1. The van der Waals surface area contributed by atoms with Crippen LogP contribution in [0.5, 0.6) is 0 Å². The van der Waals surface area contributed by atoms with Crippen LogP contribution in [0.2, 0.25) is 0 Å². The van der Waals surface area contributed by atoms with Crippen molar-refractivity contribution < 1.29 is 9.90 Å². The van der Waals surface area contributed by atoms with Gasteiger partial charge in [-0.1, -0.05) is 18.9 Å². The quantitative estimate of drug-likeness (QED) is 0.891. The molecule has 0 radical (unpaired) electrons. The minimum atomic E-state index is -0.697. The Hall–Kier alpha value is -1.42. The van der Waals surface area contributed by atoms with Crippen molar-refractivity contribution in [1.82, 2.24) is 9.88 Å². The van der Waals surface area contributed by atoms with E-state index in [2.05, 4.69) is 9.88 Å². The summed E-state index contributed by atoms with van der Waals surface area (Å²) in [5.41, 5.74) is 2.08. The number of pyridine rings is 1. The van der Waals surface area contributed by atoms with Gasteiger partial charge < -0.3 is 5.11 Å². The molecule has 1 unspecified atom stereocenters. The Bertz CT molecular complexity index is 403. The van der Waals surface area contributed by atoms with E-state index in [1.807, 2.05) is 25.3 Å². The van der Waals surface area contributed by atoms with Crippen LogP contribution in [-0.2, 0) is 11.3 Å². The fourth-order valence-corrected chi connectivity index (χ4v) is 2.46. The average Bonchev–Trinajstić information content (AvgIpc) is 2.57. The minimum absolute atomic E-state index is 0.339. The van der Waals surface area contributed by atoms with Crippen molar-refractivity contribution in [3.05, 3.63) is 29.6 Å². The molecule has 2 heterocycles. The molecular formula is C14H20N2O2. The number of hydrogen-bond donors (Lipinski definition) is 1. The van der Waals surface area contributed by atoms with Crippen LogP contribution < -0.4 is 0 Å². The molecule has 0 aliphatic carbocycles. The molecular weight excluding hydrogens is 228 g/mol. The van der Waals surface area contributed by atoms with Crippen LogP contribution in [0, 0.1) is 6.92 Å². The summed E-state index contributed by atoms with van der Waals surface area (Å²) >= 11 is 0. The third kappa shape index (κ3) is 3.29. The van der Waals surface area contributed by atoms with Crippen molar-refractivity contribution in [1.29, 1.82) is 0 Å². The molecule has 0 amide bonds. The predicted molar refractivity (Wildman–Crippen MR) is 69.3 cm³/mol. The topological polar surface area (TPSA) is 53.4 Å². The first kappa shape index (κ1) is 13.0. The Kier molecular flexibility index (Phi) is 4.31. The highest BCUT2D eigenvalue weighted by molar-refractivity contribution is 5.73. The number of aliphatic carboxylic acids is 1. The second-order valence-electron chi connectivity index (χ2n) is 4.98. The van der Waals surface area contributed by atoms with Gasteiger partial charge in [0.1, 0.15) is 6.04 Å². The molecule has 98 valence electrons. The van der Waals surface area contributed by atoms with Crippen molar-refractivity contribution >= 4 is 5.97 Å². The van der Waals surface area contributed by atoms with Crippen LogP contribution >= 0.6 is 0 Å². The van der Waals surface area contributed by atoms with Gasteiger partial charge in [-0.15, -0.1) is 0 Å². The standard InChI is InChI=1S/C14H20N2O2/c1-11-6-7-12(9-15-11)10-16-8-4-2-3-5-13(16)14(17)18/h6-7,9,13H,2-5,8,10H2,1H3,(H,17,18). The Morgan fingerprint density at radius 3 is 2.94 bits per heavy atom. The van der Waals surface area contributed by atoms with Crippen LogP contribution in [0.4, 0.5) is 0 Å². The van der Waals surface area contributed by atoms with Gasteiger partial charge in [-0.3, -0.25) is 14.7 Å². The lowest BCUT2D eigenvalue weighted by atomic mass is 10.1. The van der Waals surface area contributed by atoms with Crippen LogP contribution in [0.3, 0.4) is 0 Å². The number of carbonyl (C=O) groups is 1. The number of nitrogens with zero attached hydrogens (tertiary/aromatic N) is 2. The highest BCUT2D eigenvalue weighted by Gasteiger charge is 2.26. The van der Waals surface area contributed by atoms with E-state index < -0.39 is 5.97 Å². The van der Waals surface area contributed by atoms with Gasteiger partial charge in [-0.2, -0.15) is 0 Å². The summed E-state index contributed by atoms with van der Waals surface area (Å²) in [5.74, 6) is -0.697. The molecule has 4 nitrogen and oxygen atoms in total. The summed E-state index contributed by atoms with van der Waals surface area (Å²) in [5, 5.41) is 9.30. The smallest absolute Gasteiger partial charge is 0.320 e. The molecule has 1 aromatic heterocycles. The Morgan fingerprint density at radius 2 is 2.28 bits per heavy atom. The number of aryl methyl sites for hydroxylation is 1. The van der Waals surface area contributed by atoms with Crippen LogP contribution in [0.25, 0.3) is 0 Å². The number of carboxylic acids is 1. The molecule has 1 aliphatic rings. The SMILES string of the molecule is Cc1ccc(CN2CCCCCC2C(=O)O)cn1. The summed E-state index contributed by atoms with van der Waals surface area (Å²) < 4.78 is 0. The van der Waals surface area contributed by atoms with E-state index in [1.165, 1.54) is 0 Å². The number of hydrogen-bond acceptors (Lipinski definition) is 3. The Labute approximate surface area is 108 Å². The molecule has 1 atom stereocenters. The molecule has 1 saturated heterocycles. The molecule has 0 saturated carbocycles. The lowest BCUT2D eigenvalue weighted by Gasteiger charge is -2.26. The van der Waals surface area contributed by atoms with Gasteiger partial charge in [0, 0.05) is 18.4 Å². The fourth-order valence-electron chi connectivity index (χ4n) is 2.46. The van der Waals surface area contributed by atoms with Gasteiger partial charge >= 0.3 is 5.97 Å². The average molecular weight is 248 g/mol. The maximum Gasteiger partial charge on any atom is 0.320 e. The molecule has 4 heteroatoms. The zero-order valence-electron chi connectivity index (χ0n) is 10.8. The van der Waals surface area contributed by atoms with Crippen molar-refractivity contribution in [2.75, 3.05) is 6.54 Å².